The number of hydrogen-bond donors (Lipinski definition) is 1. The highest BCUT2D eigenvalue weighted by Crippen LogP contribution is 2.21. The molecule has 1 unspecified atom stereocenters. The molecule has 1 rings (SSSR count). The van der Waals surface area contributed by atoms with Crippen LogP contribution in [0.3, 0.4) is 0 Å². The average molecular weight is 241 g/mol. The van der Waals surface area contributed by atoms with Gasteiger partial charge in [-0.05, 0) is 37.1 Å². The zero-order valence-corrected chi connectivity index (χ0v) is 9.90. The lowest BCUT2D eigenvalue weighted by molar-refractivity contribution is -0.142. The lowest BCUT2D eigenvalue weighted by Crippen LogP contribution is -2.19. The molecule has 0 aromatic heterocycles. The third kappa shape index (κ3) is 4.40. The number of carbonyl (C=O) groups is 1. The molecular formula is C12H16FNO3. The van der Waals surface area contributed by atoms with Crippen molar-refractivity contribution in [1.29, 1.82) is 0 Å². The minimum Gasteiger partial charge on any atom is -0.482 e. The van der Waals surface area contributed by atoms with Crippen LogP contribution in [0.25, 0.3) is 0 Å². The Morgan fingerprint density at radius 3 is 2.82 bits per heavy atom. The SMILES string of the molecule is COC(=O)COc1ccc(F)cc1CC(C)N. The Morgan fingerprint density at radius 2 is 2.24 bits per heavy atom. The van der Waals surface area contributed by atoms with E-state index in [1.165, 1.54) is 25.3 Å². The van der Waals surface area contributed by atoms with Crippen molar-refractivity contribution in [3.63, 3.8) is 0 Å². The molecule has 4 nitrogen and oxygen atoms in total. The molecular weight excluding hydrogens is 225 g/mol. The molecule has 0 radical (unpaired) electrons. The smallest absolute Gasteiger partial charge is 0.343 e. The van der Waals surface area contributed by atoms with Gasteiger partial charge in [0.1, 0.15) is 11.6 Å². The number of halogens is 1. The maximum atomic E-state index is 13.1. The van der Waals surface area contributed by atoms with E-state index in [2.05, 4.69) is 4.74 Å². The number of methoxy groups -OCH3 is 1. The molecule has 1 aromatic rings. The fourth-order valence-corrected chi connectivity index (χ4v) is 1.39. The summed E-state index contributed by atoms with van der Waals surface area (Å²) in [5.74, 6) is -0.388. The lowest BCUT2D eigenvalue weighted by Gasteiger charge is -2.12. The van der Waals surface area contributed by atoms with Gasteiger partial charge in [0.05, 0.1) is 7.11 Å². The van der Waals surface area contributed by atoms with Crippen LogP contribution in [-0.2, 0) is 16.0 Å². The van der Waals surface area contributed by atoms with Crippen molar-refractivity contribution >= 4 is 5.97 Å². The molecule has 94 valence electrons. The molecule has 17 heavy (non-hydrogen) atoms. The van der Waals surface area contributed by atoms with Gasteiger partial charge in [-0.25, -0.2) is 9.18 Å². The maximum absolute atomic E-state index is 13.1. The summed E-state index contributed by atoms with van der Waals surface area (Å²) in [6.07, 6.45) is 0.480. The Hall–Kier alpha value is -1.62. The first-order valence-corrected chi connectivity index (χ1v) is 5.26. The summed E-state index contributed by atoms with van der Waals surface area (Å²) in [6, 6.07) is 4.00. The summed E-state index contributed by atoms with van der Waals surface area (Å²) >= 11 is 0. The molecule has 0 saturated carbocycles. The molecule has 0 heterocycles. The zero-order valence-electron chi connectivity index (χ0n) is 9.90. The van der Waals surface area contributed by atoms with Gasteiger partial charge in [-0.2, -0.15) is 0 Å². The van der Waals surface area contributed by atoms with Gasteiger partial charge in [0.2, 0.25) is 0 Å². The van der Waals surface area contributed by atoms with E-state index in [1.54, 1.807) is 0 Å². The Bertz CT molecular complexity index is 393. The maximum Gasteiger partial charge on any atom is 0.343 e. The van der Waals surface area contributed by atoms with E-state index in [0.29, 0.717) is 17.7 Å². The number of rotatable bonds is 5. The van der Waals surface area contributed by atoms with Crippen LogP contribution in [0.1, 0.15) is 12.5 Å². The van der Waals surface area contributed by atoms with Crippen LogP contribution in [0, 0.1) is 5.82 Å². The summed E-state index contributed by atoms with van der Waals surface area (Å²) in [6.45, 7) is 1.61. The van der Waals surface area contributed by atoms with Gasteiger partial charge in [-0.3, -0.25) is 0 Å². The molecule has 0 amide bonds. The average Bonchev–Trinajstić information content (AvgIpc) is 2.26. The van der Waals surface area contributed by atoms with Crippen LogP contribution < -0.4 is 10.5 Å². The minimum atomic E-state index is -0.485. The minimum absolute atomic E-state index is 0.114. The van der Waals surface area contributed by atoms with Crippen LogP contribution in [0.2, 0.25) is 0 Å². The number of hydrogen-bond acceptors (Lipinski definition) is 4. The van der Waals surface area contributed by atoms with E-state index in [1.807, 2.05) is 6.92 Å². The van der Waals surface area contributed by atoms with Crippen molar-refractivity contribution in [2.75, 3.05) is 13.7 Å². The predicted octanol–water partition coefficient (Wildman–Crippen LogP) is 1.27. The largest absolute Gasteiger partial charge is 0.482 e. The molecule has 0 aliphatic heterocycles. The Labute approximate surface area is 99.5 Å². The quantitative estimate of drug-likeness (QED) is 0.788. The van der Waals surface area contributed by atoms with Crippen molar-refractivity contribution in [1.82, 2.24) is 0 Å². The van der Waals surface area contributed by atoms with Crippen molar-refractivity contribution in [3.05, 3.63) is 29.6 Å². The van der Waals surface area contributed by atoms with Crippen LogP contribution in [0.15, 0.2) is 18.2 Å². The molecule has 0 aliphatic carbocycles. The van der Waals surface area contributed by atoms with Crippen LogP contribution in [0.5, 0.6) is 5.75 Å². The molecule has 5 heteroatoms. The summed E-state index contributed by atoms with van der Waals surface area (Å²) in [4.78, 5) is 10.9. The van der Waals surface area contributed by atoms with E-state index in [0.717, 1.165) is 0 Å². The second-order valence-electron chi connectivity index (χ2n) is 3.80. The zero-order chi connectivity index (χ0) is 12.8. The van der Waals surface area contributed by atoms with Gasteiger partial charge in [0, 0.05) is 6.04 Å². The first-order valence-electron chi connectivity index (χ1n) is 5.26. The molecule has 1 aromatic carbocycles. The Morgan fingerprint density at radius 1 is 1.53 bits per heavy atom. The summed E-state index contributed by atoms with van der Waals surface area (Å²) in [5.41, 5.74) is 6.30. The lowest BCUT2D eigenvalue weighted by atomic mass is 10.1. The van der Waals surface area contributed by atoms with E-state index >= 15 is 0 Å². The van der Waals surface area contributed by atoms with E-state index in [4.69, 9.17) is 10.5 Å². The molecule has 0 bridgehead atoms. The van der Waals surface area contributed by atoms with Crippen molar-refractivity contribution < 1.29 is 18.7 Å². The van der Waals surface area contributed by atoms with Gasteiger partial charge >= 0.3 is 5.97 Å². The highest BCUT2D eigenvalue weighted by Gasteiger charge is 2.09. The van der Waals surface area contributed by atoms with E-state index in [-0.39, 0.29) is 18.5 Å². The first-order chi connectivity index (χ1) is 8.02. The van der Waals surface area contributed by atoms with Crippen LogP contribution >= 0.6 is 0 Å². The normalized spacial score (nSPS) is 12.0. The Balaban J connectivity index is 2.78. The molecule has 1 atom stereocenters. The highest BCUT2D eigenvalue weighted by atomic mass is 19.1. The standard InChI is InChI=1S/C12H16FNO3/c1-8(14)5-9-6-10(13)3-4-11(9)17-7-12(15)16-2/h3-4,6,8H,5,7,14H2,1-2H3. The van der Waals surface area contributed by atoms with Gasteiger partial charge in [0.25, 0.3) is 0 Å². The molecule has 0 spiro atoms. The summed E-state index contributed by atoms with van der Waals surface area (Å²) in [7, 11) is 1.28. The van der Waals surface area contributed by atoms with Gasteiger partial charge in [-0.1, -0.05) is 0 Å². The van der Waals surface area contributed by atoms with Crippen LogP contribution in [0.4, 0.5) is 4.39 Å². The second kappa shape index (κ2) is 6.20. The number of carbonyl (C=O) groups excluding carboxylic acids is 1. The fourth-order valence-electron chi connectivity index (χ4n) is 1.39. The van der Waals surface area contributed by atoms with Gasteiger partial charge in [-0.15, -0.1) is 0 Å². The number of benzene rings is 1. The predicted molar refractivity (Wildman–Crippen MR) is 61.3 cm³/mol. The summed E-state index contributed by atoms with van der Waals surface area (Å²) < 4.78 is 22.8. The highest BCUT2D eigenvalue weighted by molar-refractivity contribution is 5.70. The molecule has 2 N–H and O–H groups in total. The number of nitrogens with two attached hydrogens (primary N) is 1. The van der Waals surface area contributed by atoms with Crippen molar-refractivity contribution in [3.8, 4) is 5.75 Å². The van der Waals surface area contributed by atoms with Gasteiger partial charge in [0.15, 0.2) is 6.61 Å². The van der Waals surface area contributed by atoms with E-state index < -0.39 is 5.97 Å². The van der Waals surface area contributed by atoms with Gasteiger partial charge < -0.3 is 15.2 Å². The second-order valence-corrected chi connectivity index (χ2v) is 3.80. The van der Waals surface area contributed by atoms with E-state index in [9.17, 15) is 9.18 Å². The van der Waals surface area contributed by atoms with Crippen molar-refractivity contribution in [2.24, 2.45) is 5.73 Å². The molecule has 0 saturated heterocycles. The third-order valence-corrected chi connectivity index (χ3v) is 2.14. The Kier molecular flexibility index (Phi) is 4.90. The topological polar surface area (TPSA) is 61.5 Å². The van der Waals surface area contributed by atoms with Crippen LogP contribution in [-0.4, -0.2) is 25.7 Å². The number of esters is 1. The first kappa shape index (κ1) is 13.4. The van der Waals surface area contributed by atoms with Crippen molar-refractivity contribution in [2.45, 2.75) is 19.4 Å². The molecule has 0 fully saturated rings. The summed E-state index contributed by atoms with van der Waals surface area (Å²) in [5, 5.41) is 0. The fraction of sp³-hybridized carbons (Fsp3) is 0.417. The third-order valence-electron chi connectivity index (χ3n) is 2.14. The number of ether oxygens (including phenoxy) is 2. The monoisotopic (exact) mass is 241 g/mol. The molecule has 0 aliphatic rings.